The number of rotatable bonds is 2. The fourth-order valence-corrected chi connectivity index (χ4v) is 0.158. The van der Waals surface area contributed by atoms with Crippen LogP contribution in [0.2, 0.25) is 0 Å². The highest BCUT2D eigenvalue weighted by Crippen LogP contribution is 1.91. The Bertz CT molecular complexity index is 113. The minimum atomic E-state index is -4.02. The van der Waals surface area contributed by atoms with Gasteiger partial charge in [0.2, 0.25) is 0 Å². The Labute approximate surface area is 46.3 Å². The second-order valence-electron chi connectivity index (χ2n) is 0.579. The number of thiol groups is 1. The van der Waals surface area contributed by atoms with Crippen molar-refractivity contribution in [2.75, 3.05) is 0 Å². The van der Waals surface area contributed by atoms with E-state index in [1.807, 2.05) is 0 Å². The third-order valence-corrected chi connectivity index (χ3v) is 1.18. The lowest BCUT2D eigenvalue weighted by atomic mass is 13.6. The SMILES string of the molecule is NOS(=O)(=O)OS. The van der Waals surface area contributed by atoms with Gasteiger partial charge in [0.25, 0.3) is 0 Å². The summed E-state index contributed by atoms with van der Waals surface area (Å²) in [4.78, 5) is 0. The normalized spacial score (nSPS) is 11.7. The summed E-state index contributed by atoms with van der Waals surface area (Å²) >= 11 is 2.89. The van der Waals surface area contributed by atoms with Crippen LogP contribution in [0.5, 0.6) is 0 Å². The first kappa shape index (κ1) is 7.18. The fourth-order valence-electron chi connectivity index (χ4n) is 0.0176. The summed E-state index contributed by atoms with van der Waals surface area (Å²) in [5.41, 5.74) is 0. The summed E-state index contributed by atoms with van der Waals surface area (Å²) in [7, 11) is -4.02. The van der Waals surface area contributed by atoms with Crippen LogP contribution in [0.4, 0.5) is 0 Å². The lowest BCUT2D eigenvalue weighted by Gasteiger charge is -1.88. The summed E-state index contributed by atoms with van der Waals surface area (Å²) in [5.74, 6) is 4.15. The molecule has 0 saturated heterocycles. The van der Waals surface area contributed by atoms with Gasteiger partial charge in [0.1, 0.15) is 0 Å². The van der Waals surface area contributed by atoms with E-state index in [1.54, 1.807) is 0 Å². The molecule has 7 heavy (non-hydrogen) atoms. The lowest BCUT2D eigenvalue weighted by Crippen LogP contribution is -2.09. The third kappa shape index (κ3) is 2.83. The Kier molecular flexibility index (Phi) is 2.54. The lowest BCUT2D eigenvalue weighted by molar-refractivity contribution is 0.293. The summed E-state index contributed by atoms with van der Waals surface area (Å²) in [5, 5.41) is 0. The monoisotopic (exact) mass is 145 g/mol. The van der Waals surface area contributed by atoms with Crippen LogP contribution >= 0.6 is 12.9 Å². The van der Waals surface area contributed by atoms with Crippen molar-refractivity contribution >= 4 is 23.3 Å². The van der Waals surface area contributed by atoms with Crippen LogP contribution < -0.4 is 5.90 Å². The number of nitrogens with two attached hydrogens (primary N) is 1. The third-order valence-electron chi connectivity index (χ3n) is 0.209. The fraction of sp³-hybridized carbons (Fsp3) is 0. The minimum absolute atomic E-state index is 2.89. The molecule has 0 aromatic rings. The minimum Gasteiger partial charge on any atom is -0.196 e. The van der Waals surface area contributed by atoms with Crippen molar-refractivity contribution < 1.29 is 16.3 Å². The average molecular weight is 145 g/mol. The van der Waals surface area contributed by atoms with E-state index in [0.717, 1.165) is 0 Å². The smallest absolute Gasteiger partial charge is 0.196 e. The maximum atomic E-state index is 9.72. The molecule has 0 aromatic heterocycles. The Morgan fingerprint density at radius 3 is 2.00 bits per heavy atom. The van der Waals surface area contributed by atoms with Gasteiger partial charge in [-0.15, -0.1) is 0 Å². The first-order valence-corrected chi connectivity index (χ1v) is 2.78. The van der Waals surface area contributed by atoms with Gasteiger partial charge in [-0.05, 0) is 12.9 Å². The van der Waals surface area contributed by atoms with Gasteiger partial charge in [-0.2, -0.15) is 22.2 Å². The molecule has 0 amide bonds. The molecular formula is H3NO4S2. The van der Waals surface area contributed by atoms with Crippen LogP contribution in [0.25, 0.3) is 0 Å². The maximum absolute atomic E-state index is 9.72. The molecule has 0 aliphatic rings. The first-order chi connectivity index (χ1) is 3.12. The summed E-state index contributed by atoms with van der Waals surface area (Å²) in [6.07, 6.45) is 0. The van der Waals surface area contributed by atoms with E-state index < -0.39 is 10.4 Å². The van der Waals surface area contributed by atoms with Crippen LogP contribution in [0.15, 0.2) is 0 Å². The van der Waals surface area contributed by atoms with Crippen LogP contribution in [-0.4, -0.2) is 8.42 Å². The molecule has 0 unspecified atom stereocenters. The molecular weight excluding hydrogens is 142 g/mol. The van der Waals surface area contributed by atoms with E-state index in [2.05, 4.69) is 26.7 Å². The van der Waals surface area contributed by atoms with Crippen molar-refractivity contribution in [2.24, 2.45) is 5.90 Å². The van der Waals surface area contributed by atoms with Crippen molar-refractivity contribution in [3.63, 3.8) is 0 Å². The Morgan fingerprint density at radius 2 is 2.00 bits per heavy atom. The quantitative estimate of drug-likeness (QED) is 0.295. The molecule has 0 fully saturated rings. The van der Waals surface area contributed by atoms with E-state index in [-0.39, 0.29) is 0 Å². The van der Waals surface area contributed by atoms with Crippen molar-refractivity contribution in [3.8, 4) is 0 Å². The molecule has 0 heterocycles. The maximum Gasteiger partial charge on any atom is 0.426 e. The van der Waals surface area contributed by atoms with Crippen molar-refractivity contribution in [3.05, 3.63) is 0 Å². The summed E-state index contributed by atoms with van der Waals surface area (Å²) in [6, 6.07) is 0. The van der Waals surface area contributed by atoms with E-state index in [0.29, 0.717) is 0 Å². The van der Waals surface area contributed by atoms with Crippen LogP contribution in [0, 0.1) is 0 Å². The van der Waals surface area contributed by atoms with Gasteiger partial charge in [0.15, 0.2) is 0 Å². The van der Waals surface area contributed by atoms with Crippen LogP contribution in [-0.2, 0) is 18.3 Å². The zero-order chi connectivity index (χ0) is 5.91. The topological polar surface area (TPSA) is 78.6 Å². The van der Waals surface area contributed by atoms with Gasteiger partial charge in [0.05, 0.1) is 0 Å². The first-order valence-electron chi connectivity index (χ1n) is 1.08. The second-order valence-corrected chi connectivity index (χ2v) is 2.18. The molecule has 0 aromatic carbocycles. The van der Waals surface area contributed by atoms with Gasteiger partial charge < -0.3 is 0 Å². The molecule has 0 bridgehead atoms. The number of hydrogen-bond acceptors (Lipinski definition) is 6. The molecule has 0 rings (SSSR count). The van der Waals surface area contributed by atoms with E-state index in [1.165, 1.54) is 0 Å². The standard InChI is InChI=1S/H3NO4S2/c1-4-7(2,3)5-6/h6H,1H2. The highest BCUT2D eigenvalue weighted by molar-refractivity contribution is 7.92. The van der Waals surface area contributed by atoms with Gasteiger partial charge in [0, 0.05) is 0 Å². The molecule has 0 aliphatic carbocycles. The van der Waals surface area contributed by atoms with Crippen LogP contribution in [0.1, 0.15) is 0 Å². The molecule has 0 saturated carbocycles. The summed E-state index contributed by atoms with van der Waals surface area (Å²) < 4.78 is 26.1. The summed E-state index contributed by atoms with van der Waals surface area (Å²) in [6.45, 7) is 0. The van der Waals surface area contributed by atoms with Crippen molar-refractivity contribution in [1.29, 1.82) is 0 Å². The highest BCUT2D eigenvalue weighted by atomic mass is 32.3. The highest BCUT2D eigenvalue weighted by Gasteiger charge is 2.04. The van der Waals surface area contributed by atoms with Gasteiger partial charge in [-0.3, -0.25) is 0 Å². The molecule has 0 spiro atoms. The van der Waals surface area contributed by atoms with Crippen molar-refractivity contribution in [1.82, 2.24) is 0 Å². The van der Waals surface area contributed by atoms with Gasteiger partial charge >= 0.3 is 10.4 Å². The zero-order valence-corrected chi connectivity index (χ0v) is 4.78. The predicted octanol–water partition coefficient (Wildman–Crippen LogP) is -1.02. The Balaban J connectivity index is 3.89. The molecule has 44 valence electrons. The van der Waals surface area contributed by atoms with E-state index in [4.69, 9.17) is 0 Å². The number of hydrogen-bond donors (Lipinski definition) is 2. The molecule has 0 atom stereocenters. The largest absolute Gasteiger partial charge is 0.426 e. The molecule has 0 aliphatic heterocycles. The van der Waals surface area contributed by atoms with Crippen molar-refractivity contribution in [2.45, 2.75) is 0 Å². The Morgan fingerprint density at radius 1 is 1.57 bits per heavy atom. The average Bonchev–Trinajstić information content (AvgIpc) is 1.68. The Hall–Kier alpha value is 0.180. The van der Waals surface area contributed by atoms with Gasteiger partial charge in [-0.25, -0.2) is 0 Å². The van der Waals surface area contributed by atoms with E-state index >= 15 is 0 Å². The zero-order valence-electron chi connectivity index (χ0n) is 3.07. The van der Waals surface area contributed by atoms with E-state index in [9.17, 15) is 8.42 Å². The second kappa shape index (κ2) is 2.48. The molecule has 7 heteroatoms. The molecule has 2 N–H and O–H groups in total. The molecule has 5 nitrogen and oxygen atoms in total. The molecule has 0 radical (unpaired) electrons. The van der Waals surface area contributed by atoms with Crippen LogP contribution in [0.3, 0.4) is 0 Å². The predicted molar refractivity (Wildman–Crippen MR) is 24.3 cm³/mol. The van der Waals surface area contributed by atoms with Gasteiger partial charge in [-0.1, -0.05) is 0 Å².